The molecule has 6 nitrogen and oxygen atoms in total. The molecule has 23 heavy (non-hydrogen) atoms. The van der Waals surface area contributed by atoms with Gasteiger partial charge in [0, 0.05) is 5.71 Å². The summed E-state index contributed by atoms with van der Waals surface area (Å²) >= 11 is 0. The minimum absolute atomic E-state index is 0.00323. The van der Waals surface area contributed by atoms with Crippen LogP contribution >= 0.6 is 0 Å². The molecular formula is C15H22N2O4S2. The van der Waals surface area contributed by atoms with Crippen molar-refractivity contribution in [3.05, 3.63) is 29.8 Å². The molecule has 2 rings (SSSR count). The van der Waals surface area contributed by atoms with E-state index in [9.17, 15) is 16.8 Å². The SMILES string of the molecule is CCc1ccc(S(=O)(=O)N(N=C(C)C)[C@H]2CCS(=O)(=O)C2)cc1. The molecule has 0 aliphatic carbocycles. The molecule has 1 heterocycles. The van der Waals surface area contributed by atoms with Crippen LogP contribution in [0.5, 0.6) is 0 Å². The normalized spacial score (nSPS) is 20.2. The fourth-order valence-electron chi connectivity index (χ4n) is 2.48. The number of nitrogens with zero attached hydrogens (tertiary/aromatic N) is 2. The molecule has 0 saturated carbocycles. The van der Waals surface area contributed by atoms with E-state index in [1.54, 1.807) is 38.1 Å². The van der Waals surface area contributed by atoms with Crippen LogP contribution in [0.2, 0.25) is 0 Å². The highest BCUT2D eigenvalue weighted by Gasteiger charge is 2.38. The van der Waals surface area contributed by atoms with E-state index in [1.807, 2.05) is 6.92 Å². The zero-order chi connectivity index (χ0) is 17.3. The van der Waals surface area contributed by atoms with E-state index < -0.39 is 25.9 Å². The fourth-order valence-corrected chi connectivity index (χ4v) is 5.81. The zero-order valence-corrected chi connectivity index (χ0v) is 15.2. The van der Waals surface area contributed by atoms with E-state index in [4.69, 9.17) is 0 Å². The van der Waals surface area contributed by atoms with Crippen molar-refractivity contribution < 1.29 is 16.8 Å². The summed E-state index contributed by atoms with van der Waals surface area (Å²) < 4.78 is 50.2. The lowest BCUT2D eigenvalue weighted by molar-refractivity contribution is 0.355. The monoisotopic (exact) mass is 358 g/mol. The molecule has 1 atom stereocenters. The fraction of sp³-hybridized carbons (Fsp3) is 0.533. The van der Waals surface area contributed by atoms with Crippen LogP contribution in [0.15, 0.2) is 34.3 Å². The van der Waals surface area contributed by atoms with Crippen LogP contribution in [-0.4, -0.2) is 44.5 Å². The Labute approximate surface area is 138 Å². The van der Waals surface area contributed by atoms with Gasteiger partial charge in [-0.15, -0.1) is 0 Å². The van der Waals surface area contributed by atoms with Crippen molar-refractivity contribution in [2.75, 3.05) is 11.5 Å². The van der Waals surface area contributed by atoms with Crippen molar-refractivity contribution >= 4 is 25.6 Å². The zero-order valence-electron chi connectivity index (χ0n) is 13.6. The van der Waals surface area contributed by atoms with Gasteiger partial charge in [-0.3, -0.25) is 0 Å². The summed E-state index contributed by atoms with van der Waals surface area (Å²) in [7, 11) is -7.08. The summed E-state index contributed by atoms with van der Waals surface area (Å²) in [6.45, 7) is 5.36. The van der Waals surface area contributed by atoms with E-state index in [1.165, 1.54) is 0 Å². The molecule has 0 amide bonds. The van der Waals surface area contributed by atoms with Gasteiger partial charge in [-0.25, -0.2) is 8.42 Å². The molecule has 1 aliphatic heterocycles. The molecule has 0 spiro atoms. The molecular weight excluding hydrogens is 336 g/mol. The van der Waals surface area contributed by atoms with Gasteiger partial charge in [0.15, 0.2) is 9.84 Å². The summed E-state index contributed by atoms with van der Waals surface area (Å²) in [5, 5.41) is 4.11. The standard InChI is InChI=1S/C15H22N2O4S2/c1-4-13-5-7-15(8-6-13)23(20,21)17(16-12(2)3)14-9-10-22(18,19)11-14/h5-8,14H,4,9-11H2,1-3H3/t14-/m0/s1. The Morgan fingerprint density at radius 1 is 1.26 bits per heavy atom. The van der Waals surface area contributed by atoms with Crippen LogP contribution in [0.4, 0.5) is 0 Å². The highest BCUT2D eigenvalue weighted by molar-refractivity contribution is 7.92. The number of sulfonamides is 1. The molecule has 1 fully saturated rings. The Bertz CT molecular complexity index is 792. The van der Waals surface area contributed by atoms with E-state index in [-0.39, 0.29) is 22.8 Å². The molecule has 1 aliphatic rings. The predicted octanol–water partition coefficient (Wildman–Crippen LogP) is 1.82. The van der Waals surface area contributed by atoms with Crippen molar-refractivity contribution in [3.63, 3.8) is 0 Å². The first-order valence-electron chi connectivity index (χ1n) is 7.51. The Hall–Kier alpha value is -1.41. The Morgan fingerprint density at radius 2 is 1.87 bits per heavy atom. The van der Waals surface area contributed by atoms with Gasteiger partial charge in [0.2, 0.25) is 0 Å². The van der Waals surface area contributed by atoms with Crippen LogP contribution in [0.3, 0.4) is 0 Å². The van der Waals surface area contributed by atoms with Gasteiger partial charge in [0.25, 0.3) is 10.0 Å². The molecule has 1 aromatic carbocycles. The molecule has 1 saturated heterocycles. The molecule has 8 heteroatoms. The highest BCUT2D eigenvalue weighted by Crippen LogP contribution is 2.26. The van der Waals surface area contributed by atoms with Crippen LogP contribution < -0.4 is 0 Å². The van der Waals surface area contributed by atoms with Crippen molar-refractivity contribution in [2.24, 2.45) is 5.10 Å². The summed E-state index contributed by atoms with van der Waals surface area (Å²) in [4.78, 5) is 0.129. The van der Waals surface area contributed by atoms with Crippen LogP contribution in [0, 0.1) is 0 Å². The second-order valence-electron chi connectivity index (χ2n) is 5.88. The topological polar surface area (TPSA) is 83.9 Å². The smallest absolute Gasteiger partial charge is 0.229 e. The lowest BCUT2D eigenvalue weighted by Gasteiger charge is -2.25. The van der Waals surface area contributed by atoms with E-state index in [0.717, 1.165) is 16.4 Å². The van der Waals surface area contributed by atoms with Gasteiger partial charge in [-0.2, -0.15) is 17.9 Å². The summed E-state index contributed by atoms with van der Waals surface area (Å²) in [5.74, 6) is -0.188. The van der Waals surface area contributed by atoms with Crippen LogP contribution in [-0.2, 0) is 26.3 Å². The number of rotatable bonds is 5. The van der Waals surface area contributed by atoms with Crippen LogP contribution in [0.1, 0.15) is 32.8 Å². The lowest BCUT2D eigenvalue weighted by Crippen LogP contribution is -2.37. The number of hydrogen-bond donors (Lipinski definition) is 0. The maximum absolute atomic E-state index is 12.9. The summed E-state index contributed by atoms with van der Waals surface area (Å²) in [5.41, 5.74) is 1.59. The summed E-state index contributed by atoms with van der Waals surface area (Å²) in [6.07, 6.45) is 1.09. The third kappa shape index (κ3) is 4.11. The van der Waals surface area contributed by atoms with Gasteiger partial charge in [0.05, 0.1) is 22.4 Å². The minimum Gasteiger partial charge on any atom is -0.229 e. The van der Waals surface area contributed by atoms with Crippen molar-refractivity contribution in [2.45, 2.75) is 44.6 Å². The van der Waals surface area contributed by atoms with Gasteiger partial charge >= 0.3 is 0 Å². The van der Waals surface area contributed by atoms with E-state index >= 15 is 0 Å². The molecule has 0 radical (unpaired) electrons. The molecule has 0 aromatic heterocycles. The first kappa shape index (κ1) is 17.9. The van der Waals surface area contributed by atoms with Gasteiger partial charge < -0.3 is 0 Å². The largest absolute Gasteiger partial charge is 0.279 e. The van der Waals surface area contributed by atoms with E-state index in [0.29, 0.717) is 5.71 Å². The third-order valence-corrected chi connectivity index (χ3v) is 7.19. The first-order valence-corrected chi connectivity index (χ1v) is 10.8. The average Bonchev–Trinajstić information content (AvgIpc) is 2.84. The molecule has 1 aromatic rings. The minimum atomic E-state index is -3.87. The lowest BCUT2D eigenvalue weighted by atomic mass is 10.2. The van der Waals surface area contributed by atoms with Crippen molar-refractivity contribution in [3.8, 4) is 0 Å². The van der Waals surface area contributed by atoms with Crippen LogP contribution in [0.25, 0.3) is 0 Å². The number of hydrazone groups is 1. The van der Waals surface area contributed by atoms with Gasteiger partial charge in [-0.05, 0) is 44.4 Å². The van der Waals surface area contributed by atoms with Crippen molar-refractivity contribution in [1.82, 2.24) is 4.41 Å². The molecule has 128 valence electrons. The third-order valence-electron chi connectivity index (χ3n) is 3.70. The van der Waals surface area contributed by atoms with Gasteiger partial charge in [-0.1, -0.05) is 19.1 Å². The van der Waals surface area contributed by atoms with Crippen molar-refractivity contribution in [1.29, 1.82) is 0 Å². The maximum Gasteiger partial charge on any atom is 0.279 e. The molecule has 0 unspecified atom stereocenters. The second kappa shape index (κ2) is 6.60. The Kier molecular flexibility index (Phi) is 5.15. The highest BCUT2D eigenvalue weighted by atomic mass is 32.2. The predicted molar refractivity (Wildman–Crippen MR) is 90.7 cm³/mol. The Balaban J connectivity index is 2.43. The Morgan fingerprint density at radius 3 is 2.30 bits per heavy atom. The van der Waals surface area contributed by atoms with Gasteiger partial charge in [0.1, 0.15) is 0 Å². The quantitative estimate of drug-likeness (QED) is 0.594. The molecule has 0 bridgehead atoms. The number of sulfone groups is 1. The maximum atomic E-state index is 12.9. The van der Waals surface area contributed by atoms with E-state index in [2.05, 4.69) is 5.10 Å². The number of aryl methyl sites for hydroxylation is 1. The summed E-state index contributed by atoms with van der Waals surface area (Å²) in [6, 6.07) is 5.97. The average molecular weight is 358 g/mol. The molecule has 0 N–H and O–H groups in total. The second-order valence-corrected chi connectivity index (χ2v) is 9.90. The number of hydrogen-bond acceptors (Lipinski definition) is 5. The number of benzene rings is 1. The first-order chi connectivity index (χ1) is 10.7.